The van der Waals surface area contributed by atoms with Crippen molar-refractivity contribution in [2.45, 2.75) is 42.8 Å². The van der Waals surface area contributed by atoms with Crippen molar-refractivity contribution >= 4 is 17.9 Å². The van der Waals surface area contributed by atoms with Gasteiger partial charge in [-0.25, -0.2) is 9.78 Å². The normalized spacial score (nSPS) is 10.9. The Hall–Kier alpha value is -2.80. The molecule has 0 radical (unpaired) electrons. The van der Waals surface area contributed by atoms with Crippen molar-refractivity contribution in [3.8, 4) is 0 Å². The molecule has 140 valence electrons. The fourth-order valence-corrected chi connectivity index (χ4v) is 3.85. The molecule has 0 saturated carbocycles. The van der Waals surface area contributed by atoms with Crippen LogP contribution in [0.4, 0.5) is 4.79 Å². The number of benzene rings is 1. The maximum absolute atomic E-state index is 11.1. The van der Waals surface area contributed by atoms with E-state index in [0.29, 0.717) is 12.4 Å². The van der Waals surface area contributed by atoms with Gasteiger partial charge < -0.3 is 15.0 Å². The molecule has 0 saturated heterocycles. The number of imidazole rings is 1. The van der Waals surface area contributed by atoms with E-state index in [9.17, 15) is 4.79 Å². The van der Waals surface area contributed by atoms with Gasteiger partial charge in [0.15, 0.2) is 6.61 Å². The quantitative estimate of drug-likeness (QED) is 0.662. The molecule has 27 heavy (non-hydrogen) atoms. The summed E-state index contributed by atoms with van der Waals surface area (Å²) in [6.45, 7) is 4.82. The third-order valence-electron chi connectivity index (χ3n) is 3.94. The van der Waals surface area contributed by atoms with Crippen LogP contribution in [0.5, 0.6) is 0 Å². The average molecular weight is 382 g/mol. The molecule has 2 aromatic heterocycles. The van der Waals surface area contributed by atoms with Crippen LogP contribution in [-0.2, 0) is 17.9 Å². The van der Waals surface area contributed by atoms with Gasteiger partial charge in [0.1, 0.15) is 10.9 Å². The standard InChI is InChI=1S/C20H22N4O2S/c1-14(2)18-19(27-16-8-4-3-5-9-16)24(12-15-7-6-10-22-11-15)17(23-18)13-26-20(21)25/h3-11,14H,12-13H2,1-2H3,(H2,21,25). The summed E-state index contributed by atoms with van der Waals surface area (Å²) in [7, 11) is 0. The topological polar surface area (TPSA) is 83.0 Å². The maximum Gasteiger partial charge on any atom is 0.404 e. The summed E-state index contributed by atoms with van der Waals surface area (Å²) in [6.07, 6.45) is 2.76. The number of nitrogens with zero attached hydrogens (tertiary/aromatic N) is 3. The first kappa shape index (κ1) is 19.0. The Kier molecular flexibility index (Phi) is 6.13. The van der Waals surface area contributed by atoms with Gasteiger partial charge in [-0.2, -0.15) is 0 Å². The zero-order valence-electron chi connectivity index (χ0n) is 15.3. The van der Waals surface area contributed by atoms with Crippen LogP contribution in [0.3, 0.4) is 0 Å². The van der Waals surface area contributed by atoms with Crippen molar-refractivity contribution < 1.29 is 9.53 Å². The predicted molar refractivity (Wildman–Crippen MR) is 105 cm³/mol. The van der Waals surface area contributed by atoms with Gasteiger partial charge in [-0.15, -0.1) is 0 Å². The Labute approximate surface area is 162 Å². The lowest BCUT2D eigenvalue weighted by molar-refractivity contribution is 0.145. The van der Waals surface area contributed by atoms with Gasteiger partial charge in [0.05, 0.1) is 12.2 Å². The minimum absolute atomic E-state index is 0.0324. The number of nitrogens with two attached hydrogens (primary N) is 1. The third kappa shape index (κ3) is 4.89. The maximum atomic E-state index is 11.1. The van der Waals surface area contributed by atoms with E-state index in [4.69, 9.17) is 15.5 Å². The number of carbonyl (C=O) groups is 1. The number of carbonyl (C=O) groups excluding carboxylic acids is 1. The number of hydrogen-bond acceptors (Lipinski definition) is 5. The van der Waals surface area contributed by atoms with Crippen molar-refractivity contribution in [2.24, 2.45) is 5.73 Å². The lowest BCUT2D eigenvalue weighted by atomic mass is 10.1. The van der Waals surface area contributed by atoms with Crippen molar-refractivity contribution in [1.82, 2.24) is 14.5 Å². The zero-order chi connectivity index (χ0) is 19.2. The van der Waals surface area contributed by atoms with E-state index in [0.717, 1.165) is 21.2 Å². The molecule has 3 rings (SSSR count). The number of pyridine rings is 1. The van der Waals surface area contributed by atoms with Crippen LogP contribution in [0.15, 0.2) is 64.8 Å². The smallest absolute Gasteiger partial charge is 0.404 e. The average Bonchev–Trinajstić information content (AvgIpc) is 2.99. The number of rotatable bonds is 7. The molecule has 0 bridgehead atoms. The molecule has 0 aliphatic heterocycles. The lowest BCUT2D eigenvalue weighted by Crippen LogP contribution is -2.15. The van der Waals surface area contributed by atoms with Gasteiger partial charge in [0.2, 0.25) is 0 Å². The largest absolute Gasteiger partial charge is 0.442 e. The Bertz CT molecular complexity index is 895. The number of amides is 1. The molecule has 0 atom stereocenters. The van der Waals surface area contributed by atoms with Crippen molar-refractivity contribution in [3.63, 3.8) is 0 Å². The summed E-state index contributed by atoms with van der Waals surface area (Å²) >= 11 is 1.65. The van der Waals surface area contributed by atoms with E-state index in [-0.39, 0.29) is 12.5 Å². The summed E-state index contributed by atoms with van der Waals surface area (Å²) in [5.41, 5.74) is 7.17. The Morgan fingerprint density at radius 3 is 2.63 bits per heavy atom. The second-order valence-corrected chi connectivity index (χ2v) is 7.41. The molecule has 2 N–H and O–H groups in total. The fraction of sp³-hybridized carbons (Fsp3) is 0.250. The summed E-state index contributed by atoms with van der Waals surface area (Å²) in [4.78, 5) is 21.2. The zero-order valence-corrected chi connectivity index (χ0v) is 16.1. The Morgan fingerprint density at radius 1 is 1.22 bits per heavy atom. The molecule has 7 heteroatoms. The van der Waals surface area contributed by atoms with Crippen LogP contribution >= 0.6 is 11.8 Å². The highest BCUT2D eigenvalue weighted by molar-refractivity contribution is 7.99. The van der Waals surface area contributed by atoms with Crippen molar-refractivity contribution in [2.75, 3.05) is 0 Å². The molecule has 1 amide bonds. The predicted octanol–water partition coefficient (Wildman–Crippen LogP) is 4.20. The molecule has 2 heterocycles. The van der Waals surface area contributed by atoms with E-state index in [1.54, 1.807) is 18.0 Å². The van der Waals surface area contributed by atoms with Gasteiger partial charge in [0, 0.05) is 17.3 Å². The second kappa shape index (κ2) is 8.73. The van der Waals surface area contributed by atoms with Crippen LogP contribution in [-0.4, -0.2) is 20.6 Å². The van der Waals surface area contributed by atoms with Crippen LogP contribution in [0, 0.1) is 0 Å². The number of aromatic nitrogens is 3. The van der Waals surface area contributed by atoms with Gasteiger partial charge >= 0.3 is 6.09 Å². The van der Waals surface area contributed by atoms with E-state index in [1.165, 1.54) is 0 Å². The number of hydrogen-bond donors (Lipinski definition) is 1. The minimum Gasteiger partial charge on any atom is -0.442 e. The van der Waals surface area contributed by atoms with Crippen LogP contribution in [0.1, 0.15) is 36.8 Å². The summed E-state index contributed by atoms with van der Waals surface area (Å²) in [5, 5.41) is 1.03. The monoisotopic (exact) mass is 382 g/mol. The SMILES string of the molecule is CC(C)c1nc(COC(N)=O)n(Cc2cccnc2)c1Sc1ccccc1. The molecule has 0 aliphatic carbocycles. The Morgan fingerprint density at radius 2 is 2.00 bits per heavy atom. The van der Waals surface area contributed by atoms with Gasteiger partial charge in [-0.05, 0) is 29.7 Å². The van der Waals surface area contributed by atoms with Gasteiger partial charge in [-0.3, -0.25) is 4.98 Å². The second-order valence-electron chi connectivity index (χ2n) is 6.34. The summed E-state index contributed by atoms with van der Waals surface area (Å²) in [6, 6.07) is 14.1. The first-order valence-corrected chi connectivity index (χ1v) is 9.49. The van der Waals surface area contributed by atoms with E-state index in [1.807, 2.05) is 36.5 Å². The number of primary amides is 1. The van der Waals surface area contributed by atoms with Crippen LogP contribution < -0.4 is 5.73 Å². The Balaban J connectivity index is 2.04. The van der Waals surface area contributed by atoms with E-state index < -0.39 is 6.09 Å². The molecule has 0 unspecified atom stereocenters. The van der Waals surface area contributed by atoms with Crippen LogP contribution in [0.25, 0.3) is 0 Å². The van der Waals surface area contributed by atoms with Crippen LogP contribution in [0.2, 0.25) is 0 Å². The summed E-state index contributed by atoms with van der Waals surface area (Å²) < 4.78 is 7.11. The molecule has 0 aliphatic rings. The lowest BCUT2D eigenvalue weighted by Gasteiger charge is -2.13. The fourth-order valence-electron chi connectivity index (χ4n) is 2.67. The molecule has 3 aromatic rings. The molecule has 0 spiro atoms. The summed E-state index contributed by atoms with van der Waals surface area (Å²) in [5.74, 6) is 0.887. The first-order valence-electron chi connectivity index (χ1n) is 8.68. The van der Waals surface area contributed by atoms with Crippen molar-refractivity contribution in [1.29, 1.82) is 0 Å². The van der Waals surface area contributed by atoms with E-state index in [2.05, 4.69) is 35.5 Å². The highest BCUT2D eigenvalue weighted by Gasteiger charge is 2.21. The molecule has 0 fully saturated rings. The first-order chi connectivity index (χ1) is 13.0. The van der Waals surface area contributed by atoms with Crippen molar-refractivity contribution in [3.05, 3.63) is 71.9 Å². The molecular formula is C20H22N4O2S. The van der Waals surface area contributed by atoms with Gasteiger partial charge in [-0.1, -0.05) is 49.9 Å². The molecule has 1 aromatic carbocycles. The highest BCUT2D eigenvalue weighted by atomic mass is 32.2. The van der Waals surface area contributed by atoms with Gasteiger partial charge in [0.25, 0.3) is 0 Å². The molecule has 6 nitrogen and oxygen atoms in total. The molecular weight excluding hydrogens is 360 g/mol. The highest BCUT2D eigenvalue weighted by Crippen LogP contribution is 2.35. The third-order valence-corrected chi connectivity index (χ3v) is 5.07. The number of ether oxygens (including phenoxy) is 1. The van der Waals surface area contributed by atoms with E-state index >= 15 is 0 Å². The minimum atomic E-state index is -0.811.